The number of hydrogen-bond donors (Lipinski definition) is 0. The summed E-state index contributed by atoms with van der Waals surface area (Å²) < 4.78 is 0. The molecule has 0 N–H and O–H groups in total. The maximum Gasteiger partial charge on any atom is 0.160 e. The van der Waals surface area contributed by atoms with Gasteiger partial charge in [0.15, 0.2) is 11.6 Å². The number of aromatic nitrogens is 6. The van der Waals surface area contributed by atoms with E-state index in [0.717, 1.165) is 101 Å². The average molecular weight is 1330 g/mol. The summed E-state index contributed by atoms with van der Waals surface area (Å²) >= 11 is 0. The van der Waals surface area contributed by atoms with E-state index < -0.39 is 0 Å². The van der Waals surface area contributed by atoms with E-state index in [4.69, 9.17) is 19.9 Å². The van der Waals surface area contributed by atoms with E-state index >= 15 is 0 Å². The molecule has 0 fully saturated rings. The van der Waals surface area contributed by atoms with Crippen molar-refractivity contribution in [1.29, 1.82) is 0 Å². The van der Waals surface area contributed by atoms with Crippen molar-refractivity contribution in [2.24, 2.45) is 0 Å². The van der Waals surface area contributed by atoms with Crippen LogP contribution >= 0.6 is 0 Å². The average Bonchev–Trinajstić information content (AvgIpc) is 0.754. The molecule has 104 heavy (non-hydrogen) atoms. The minimum absolute atomic E-state index is 0.687. The second kappa shape index (κ2) is 27.6. The summed E-state index contributed by atoms with van der Waals surface area (Å²) in [5.74, 6) is 1.38. The van der Waals surface area contributed by atoms with Crippen molar-refractivity contribution < 1.29 is 0 Å². The fourth-order valence-corrected chi connectivity index (χ4v) is 14.4. The van der Waals surface area contributed by atoms with Crippen molar-refractivity contribution in [2.75, 3.05) is 0 Å². The van der Waals surface area contributed by atoms with Gasteiger partial charge in [-0.25, -0.2) is 19.9 Å². The molecule has 486 valence electrons. The van der Waals surface area contributed by atoms with Crippen molar-refractivity contribution in [3.8, 4) is 135 Å². The molecular formula is C98H64N6. The van der Waals surface area contributed by atoms with Crippen LogP contribution in [-0.4, -0.2) is 29.9 Å². The van der Waals surface area contributed by atoms with Crippen LogP contribution in [0.25, 0.3) is 188 Å². The van der Waals surface area contributed by atoms with Gasteiger partial charge in [0.1, 0.15) is 0 Å². The molecule has 0 atom stereocenters. The molecule has 0 spiro atoms. The normalized spacial score (nSPS) is 11.3. The molecule has 0 unspecified atom stereocenters. The molecule has 4 aromatic heterocycles. The van der Waals surface area contributed by atoms with Crippen LogP contribution in [0.5, 0.6) is 0 Å². The second-order valence-electron chi connectivity index (χ2n) is 26.2. The van der Waals surface area contributed by atoms with E-state index in [9.17, 15) is 0 Å². The summed E-state index contributed by atoms with van der Waals surface area (Å²) in [5, 5.41) is 12.7. The number of pyridine rings is 2. The van der Waals surface area contributed by atoms with Gasteiger partial charge in [-0.3, -0.25) is 9.97 Å². The summed E-state index contributed by atoms with van der Waals surface area (Å²) in [4.78, 5) is 29.3. The first kappa shape index (κ1) is 62.3. The van der Waals surface area contributed by atoms with Crippen LogP contribution in [0.1, 0.15) is 0 Å². The zero-order valence-electron chi connectivity index (χ0n) is 56.6. The number of hydrogen-bond acceptors (Lipinski definition) is 6. The van der Waals surface area contributed by atoms with Crippen LogP contribution in [0.15, 0.2) is 389 Å². The Balaban J connectivity index is 0.000000149. The Bertz CT molecular complexity index is 6310. The Morgan fingerprint density at radius 3 is 0.923 bits per heavy atom. The minimum atomic E-state index is 0.687. The molecule has 0 saturated heterocycles. The molecule has 0 radical (unpaired) electrons. The second-order valence-corrected chi connectivity index (χ2v) is 26.2. The lowest BCUT2D eigenvalue weighted by Crippen LogP contribution is -1.96. The molecule has 19 aromatic rings. The van der Waals surface area contributed by atoms with Gasteiger partial charge in [0.05, 0.1) is 22.8 Å². The van der Waals surface area contributed by atoms with E-state index in [0.29, 0.717) is 11.6 Å². The lowest BCUT2D eigenvalue weighted by Gasteiger charge is -2.13. The van der Waals surface area contributed by atoms with Gasteiger partial charge in [0.2, 0.25) is 0 Å². The van der Waals surface area contributed by atoms with Gasteiger partial charge in [0, 0.05) is 58.2 Å². The summed E-state index contributed by atoms with van der Waals surface area (Å²) in [6.45, 7) is 0. The molecule has 4 heterocycles. The molecule has 0 aliphatic rings. The quantitative estimate of drug-likeness (QED) is 0.113. The lowest BCUT2D eigenvalue weighted by molar-refractivity contribution is 1.18. The highest BCUT2D eigenvalue weighted by molar-refractivity contribution is 6.26. The zero-order chi connectivity index (χ0) is 69.1. The summed E-state index contributed by atoms with van der Waals surface area (Å²) in [7, 11) is 0. The van der Waals surface area contributed by atoms with Gasteiger partial charge >= 0.3 is 0 Å². The van der Waals surface area contributed by atoms with Crippen LogP contribution in [0, 0.1) is 0 Å². The Morgan fingerprint density at radius 2 is 0.462 bits per heavy atom. The van der Waals surface area contributed by atoms with Crippen molar-refractivity contribution >= 4 is 53.9 Å². The van der Waals surface area contributed by atoms with Gasteiger partial charge < -0.3 is 0 Å². The van der Waals surface area contributed by atoms with Crippen LogP contribution in [0.2, 0.25) is 0 Å². The molecule has 0 bridgehead atoms. The predicted octanol–water partition coefficient (Wildman–Crippen LogP) is 25.5. The first-order valence-electron chi connectivity index (χ1n) is 35.1. The number of rotatable bonds is 12. The highest BCUT2D eigenvalue weighted by atomic mass is 14.9. The molecule has 0 saturated carbocycles. The van der Waals surface area contributed by atoms with E-state index in [-0.39, 0.29) is 0 Å². The van der Waals surface area contributed by atoms with Crippen molar-refractivity contribution in [1.82, 2.24) is 29.9 Å². The molecule has 0 amide bonds. The van der Waals surface area contributed by atoms with E-state index in [2.05, 4.69) is 350 Å². The molecule has 6 heteroatoms. The lowest BCUT2D eigenvalue weighted by atomic mass is 9.92. The fraction of sp³-hybridized carbons (Fsp3) is 0. The Labute approximate surface area is 603 Å². The van der Waals surface area contributed by atoms with Gasteiger partial charge in [-0.1, -0.05) is 315 Å². The SMILES string of the molecule is c1ccc(-c2cccc(-c3cc(-c4ccc(-c5cccnc5)cc4)nc(-c4ccc(-c5cc6ccccc6c6ccccc56)cc4)n3)c2)cc1.c1ccc(-c2cccc(-c3cc(-c4ccc(-c5cccnc5)cc4)nc(-c4ccc(-c5ccc6c7ccccc7c7ccccc7c6c5)cc4)n3)c2)cc1. The number of benzene rings is 15. The van der Waals surface area contributed by atoms with Gasteiger partial charge in [-0.15, -0.1) is 0 Å². The minimum Gasteiger partial charge on any atom is -0.264 e. The van der Waals surface area contributed by atoms with Crippen LogP contribution in [0.4, 0.5) is 0 Å². The standard InChI is InChI=1S/C51H33N3.C47H31N3/c1-2-10-34(11-3-1)39-12-8-13-41(30-39)50-32-49(37-23-19-36(20-24-37)42-14-9-29-52-33-42)53-51(54-50)38-25-21-35(22-26-38)40-27-28-47-45-17-5-4-15-43(45)44-16-6-7-18-46(44)48(47)31-40;1-2-10-32(11-3-1)37-13-8-14-39(28-37)46-30-45(35-23-19-33(20-24-35)40-15-9-27-48-31-40)49-47(50-46)36-25-21-34(22-26-36)44-29-38-12-4-5-16-41(38)42-17-6-7-18-43(42)44/h1-33H;1-31H. The monoisotopic (exact) mass is 1320 g/mol. The number of fused-ring (bicyclic) bond motifs is 9. The fourth-order valence-electron chi connectivity index (χ4n) is 14.4. The number of nitrogens with zero attached hydrogens (tertiary/aromatic N) is 6. The largest absolute Gasteiger partial charge is 0.264 e. The van der Waals surface area contributed by atoms with Crippen LogP contribution < -0.4 is 0 Å². The first-order valence-corrected chi connectivity index (χ1v) is 35.1. The molecular weight excluding hydrogens is 1260 g/mol. The van der Waals surface area contributed by atoms with Crippen LogP contribution in [0.3, 0.4) is 0 Å². The maximum atomic E-state index is 5.19. The summed E-state index contributed by atoms with van der Waals surface area (Å²) in [5.41, 5.74) is 23.3. The Hall–Kier alpha value is -13.9. The molecule has 0 aliphatic heterocycles. The molecule has 19 rings (SSSR count). The van der Waals surface area contributed by atoms with E-state index in [1.807, 2.05) is 36.7 Å². The third-order valence-electron chi connectivity index (χ3n) is 19.8. The van der Waals surface area contributed by atoms with Gasteiger partial charge in [-0.05, 0) is 169 Å². The Kier molecular flexibility index (Phi) is 16.6. The third kappa shape index (κ3) is 12.5. The van der Waals surface area contributed by atoms with Gasteiger partial charge in [-0.2, -0.15) is 0 Å². The molecule has 0 aliphatic carbocycles. The topological polar surface area (TPSA) is 77.3 Å². The van der Waals surface area contributed by atoms with Gasteiger partial charge in [0.25, 0.3) is 0 Å². The summed E-state index contributed by atoms with van der Waals surface area (Å²) in [6, 6.07) is 129. The third-order valence-corrected chi connectivity index (χ3v) is 19.8. The maximum absolute atomic E-state index is 5.19. The Morgan fingerprint density at radius 1 is 0.154 bits per heavy atom. The highest BCUT2D eigenvalue weighted by Gasteiger charge is 2.18. The summed E-state index contributed by atoms with van der Waals surface area (Å²) in [6.07, 6.45) is 7.37. The van der Waals surface area contributed by atoms with E-state index in [1.165, 1.54) is 76.1 Å². The van der Waals surface area contributed by atoms with Crippen molar-refractivity contribution in [3.63, 3.8) is 0 Å². The molecule has 15 aromatic carbocycles. The van der Waals surface area contributed by atoms with Crippen LogP contribution in [-0.2, 0) is 0 Å². The predicted molar refractivity (Wildman–Crippen MR) is 432 cm³/mol. The highest BCUT2D eigenvalue weighted by Crippen LogP contribution is 2.41. The van der Waals surface area contributed by atoms with E-state index in [1.54, 1.807) is 12.4 Å². The zero-order valence-corrected chi connectivity index (χ0v) is 56.6. The smallest absolute Gasteiger partial charge is 0.160 e. The van der Waals surface area contributed by atoms with Crippen molar-refractivity contribution in [2.45, 2.75) is 0 Å². The molecule has 6 nitrogen and oxygen atoms in total. The first-order chi connectivity index (χ1) is 51.5. The van der Waals surface area contributed by atoms with Crippen molar-refractivity contribution in [3.05, 3.63) is 389 Å².